The lowest BCUT2D eigenvalue weighted by Crippen LogP contribution is -2.11. The van der Waals surface area contributed by atoms with Crippen molar-refractivity contribution >= 4 is 33.1 Å². The Hall–Kier alpha value is -1.46. The van der Waals surface area contributed by atoms with E-state index in [2.05, 4.69) is 15.9 Å². The summed E-state index contributed by atoms with van der Waals surface area (Å²) in [5.41, 5.74) is 8.03. The van der Waals surface area contributed by atoms with Crippen LogP contribution >= 0.6 is 28.1 Å². The molecule has 2 nitrogen and oxygen atoms in total. The number of hydrogen-bond donors (Lipinski definition) is 1. The molecule has 2 aromatic carbocycles. The van der Waals surface area contributed by atoms with E-state index >= 15 is 0 Å². The number of hydrogen-bond acceptors (Lipinski definition) is 2. The monoisotopic (exact) mass is 353 g/mol. The average Bonchev–Trinajstić information content (AvgIpc) is 2.40. The SMILES string of the molecule is Cc1cccc(Oc2ccc(C(N)=S)c(Br)c2F)c1C. The van der Waals surface area contributed by atoms with E-state index in [1.165, 1.54) is 6.07 Å². The van der Waals surface area contributed by atoms with Gasteiger partial charge < -0.3 is 10.5 Å². The molecule has 2 aromatic rings. The number of aryl methyl sites for hydroxylation is 1. The van der Waals surface area contributed by atoms with Crippen molar-refractivity contribution in [3.05, 3.63) is 57.3 Å². The van der Waals surface area contributed by atoms with Crippen LogP contribution in [0.25, 0.3) is 0 Å². The fourth-order valence-electron chi connectivity index (χ4n) is 1.75. The van der Waals surface area contributed by atoms with E-state index < -0.39 is 5.82 Å². The van der Waals surface area contributed by atoms with Crippen LogP contribution in [0.4, 0.5) is 4.39 Å². The number of thiocarbonyl (C=S) groups is 1. The van der Waals surface area contributed by atoms with Crippen molar-refractivity contribution in [2.24, 2.45) is 5.73 Å². The minimum absolute atomic E-state index is 0.130. The number of halogens is 2. The van der Waals surface area contributed by atoms with Gasteiger partial charge in [-0.15, -0.1) is 0 Å². The molecule has 0 spiro atoms. The van der Waals surface area contributed by atoms with Crippen LogP contribution in [0, 0.1) is 19.7 Å². The smallest absolute Gasteiger partial charge is 0.180 e. The lowest BCUT2D eigenvalue weighted by atomic mass is 10.1. The molecule has 104 valence electrons. The molecule has 0 fully saturated rings. The molecule has 2 N–H and O–H groups in total. The zero-order valence-electron chi connectivity index (χ0n) is 11.0. The molecule has 0 aromatic heterocycles. The number of ether oxygens (including phenoxy) is 1. The minimum Gasteiger partial charge on any atom is -0.454 e. The zero-order chi connectivity index (χ0) is 14.9. The first-order chi connectivity index (χ1) is 9.41. The van der Waals surface area contributed by atoms with Crippen molar-refractivity contribution in [2.75, 3.05) is 0 Å². The normalized spacial score (nSPS) is 10.4. The van der Waals surface area contributed by atoms with Crippen LogP contribution in [0.2, 0.25) is 0 Å². The van der Waals surface area contributed by atoms with Gasteiger partial charge in [-0.2, -0.15) is 0 Å². The van der Waals surface area contributed by atoms with Crippen molar-refractivity contribution in [3.8, 4) is 11.5 Å². The highest BCUT2D eigenvalue weighted by Crippen LogP contribution is 2.33. The number of rotatable bonds is 3. The molecule has 20 heavy (non-hydrogen) atoms. The fraction of sp³-hybridized carbons (Fsp3) is 0.133. The molecule has 0 unspecified atom stereocenters. The molecule has 0 aliphatic carbocycles. The lowest BCUT2D eigenvalue weighted by Gasteiger charge is -2.13. The van der Waals surface area contributed by atoms with Crippen LogP contribution in [0.3, 0.4) is 0 Å². The Morgan fingerprint density at radius 2 is 1.90 bits per heavy atom. The second-order valence-electron chi connectivity index (χ2n) is 4.40. The molecule has 0 heterocycles. The molecular weight excluding hydrogens is 341 g/mol. The third-order valence-corrected chi connectivity index (χ3v) is 4.08. The van der Waals surface area contributed by atoms with Crippen LogP contribution in [0.1, 0.15) is 16.7 Å². The van der Waals surface area contributed by atoms with Crippen LogP contribution in [0.15, 0.2) is 34.8 Å². The molecule has 0 saturated carbocycles. The third-order valence-electron chi connectivity index (χ3n) is 3.09. The van der Waals surface area contributed by atoms with E-state index in [4.69, 9.17) is 22.7 Å². The molecule has 0 bridgehead atoms. The van der Waals surface area contributed by atoms with E-state index in [9.17, 15) is 4.39 Å². The van der Waals surface area contributed by atoms with E-state index in [1.54, 1.807) is 12.1 Å². The van der Waals surface area contributed by atoms with Crippen LogP contribution in [-0.4, -0.2) is 4.99 Å². The standard InChI is InChI=1S/C15H13BrFNOS/c1-8-4-3-5-11(9(8)2)19-12-7-6-10(15(18)20)13(16)14(12)17/h3-7H,1-2H3,(H2,18,20). The third kappa shape index (κ3) is 2.83. The van der Waals surface area contributed by atoms with Gasteiger partial charge in [0.1, 0.15) is 10.7 Å². The summed E-state index contributed by atoms with van der Waals surface area (Å²) in [7, 11) is 0. The zero-order valence-corrected chi connectivity index (χ0v) is 13.4. The van der Waals surface area contributed by atoms with Crippen molar-refractivity contribution < 1.29 is 9.13 Å². The Kier molecular flexibility index (Phi) is 4.40. The molecule has 0 amide bonds. The average molecular weight is 354 g/mol. The highest BCUT2D eigenvalue weighted by Gasteiger charge is 2.15. The van der Waals surface area contributed by atoms with Crippen LogP contribution in [-0.2, 0) is 0 Å². The van der Waals surface area contributed by atoms with Crippen LogP contribution < -0.4 is 10.5 Å². The first-order valence-corrected chi connectivity index (χ1v) is 7.13. The highest BCUT2D eigenvalue weighted by molar-refractivity contribution is 9.10. The van der Waals surface area contributed by atoms with Gasteiger partial charge in [-0.3, -0.25) is 0 Å². The summed E-state index contributed by atoms with van der Waals surface area (Å²) in [4.78, 5) is 0.133. The Balaban J connectivity index is 2.42. The van der Waals surface area contributed by atoms with Gasteiger partial charge in [0.25, 0.3) is 0 Å². The second kappa shape index (κ2) is 5.89. The Labute approximate surface area is 130 Å². The predicted octanol–water partition coefficient (Wildman–Crippen LogP) is 4.63. The summed E-state index contributed by atoms with van der Waals surface area (Å²) >= 11 is 8.02. The largest absolute Gasteiger partial charge is 0.454 e. The molecule has 0 saturated heterocycles. The van der Waals surface area contributed by atoms with Gasteiger partial charge >= 0.3 is 0 Å². The van der Waals surface area contributed by atoms with E-state index in [1.807, 2.05) is 26.0 Å². The van der Waals surface area contributed by atoms with Gasteiger partial charge in [0.2, 0.25) is 0 Å². The summed E-state index contributed by atoms with van der Waals surface area (Å²) in [6, 6.07) is 8.81. The van der Waals surface area contributed by atoms with Crippen molar-refractivity contribution in [1.82, 2.24) is 0 Å². The summed E-state index contributed by atoms with van der Waals surface area (Å²) in [5.74, 6) is 0.237. The quantitative estimate of drug-likeness (QED) is 0.817. The number of nitrogens with two attached hydrogens (primary N) is 1. The number of benzene rings is 2. The molecule has 0 radical (unpaired) electrons. The van der Waals surface area contributed by atoms with Gasteiger partial charge in [0.15, 0.2) is 11.6 Å². The summed E-state index contributed by atoms with van der Waals surface area (Å²) < 4.78 is 20.1. The van der Waals surface area contributed by atoms with Crippen molar-refractivity contribution in [1.29, 1.82) is 0 Å². The topological polar surface area (TPSA) is 35.2 Å². The van der Waals surface area contributed by atoms with Crippen molar-refractivity contribution in [3.63, 3.8) is 0 Å². The summed E-state index contributed by atoms with van der Waals surface area (Å²) in [6.07, 6.45) is 0. The fourth-order valence-corrected chi connectivity index (χ4v) is 2.60. The van der Waals surface area contributed by atoms with Gasteiger partial charge in [0, 0.05) is 5.56 Å². The van der Waals surface area contributed by atoms with E-state index in [-0.39, 0.29) is 15.2 Å². The minimum atomic E-state index is -0.517. The molecular formula is C15H13BrFNOS. The van der Waals surface area contributed by atoms with Gasteiger partial charge in [-0.25, -0.2) is 4.39 Å². The molecule has 0 aliphatic heterocycles. The maximum Gasteiger partial charge on any atom is 0.180 e. The Bertz CT molecular complexity index is 688. The molecule has 5 heteroatoms. The van der Waals surface area contributed by atoms with Crippen molar-refractivity contribution in [2.45, 2.75) is 13.8 Å². The van der Waals surface area contributed by atoms with Gasteiger partial charge in [-0.1, -0.05) is 24.4 Å². The van der Waals surface area contributed by atoms with Gasteiger partial charge in [0.05, 0.1) is 4.47 Å². The summed E-state index contributed by atoms with van der Waals surface area (Å²) in [6.45, 7) is 3.91. The maximum atomic E-state index is 14.3. The first kappa shape index (κ1) is 14.9. The predicted molar refractivity (Wildman–Crippen MR) is 86.0 cm³/mol. The molecule has 0 atom stereocenters. The highest BCUT2D eigenvalue weighted by atomic mass is 79.9. The van der Waals surface area contributed by atoms with Crippen LogP contribution in [0.5, 0.6) is 11.5 Å². The van der Waals surface area contributed by atoms with E-state index in [0.29, 0.717) is 11.3 Å². The lowest BCUT2D eigenvalue weighted by molar-refractivity contribution is 0.437. The molecule has 2 rings (SSSR count). The first-order valence-electron chi connectivity index (χ1n) is 5.93. The van der Waals surface area contributed by atoms with E-state index in [0.717, 1.165) is 11.1 Å². The Morgan fingerprint density at radius 3 is 2.55 bits per heavy atom. The van der Waals surface area contributed by atoms with Gasteiger partial charge in [-0.05, 0) is 59.1 Å². The Morgan fingerprint density at radius 1 is 1.20 bits per heavy atom. The molecule has 0 aliphatic rings. The maximum absolute atomic E-state index is 14.3. The summed E-state index contributed by atoms with van der Waals surface area (Å²) in [5, 5.41) is 0. The second-order valence-corrected chi connectivity index (χ2v) is 5.64.